The van der Waals surface area contributed by atoms with E-state index in [9.17, 15) is 14.3 Å². The van der Waals surface area contributed by atoms with Crippen LogP contribution in [0.5, 0.6) is 0 Å². The molecule has 2 aromatic carbocycles. The van der Waals surface area contributed by atoms with Gasteiger partial charge in [-0.05, 0) is 98.4 Å². The van der Waals surface area contributed by atoms with Crippen LogP contribution in [-0.2, 0) is 12.8 Å². The van der Waals surface area contributed by atoms with Crippen molar-refractivity contribution < 1.29 is 14.3 Å². The first-order chi connectivity index (χ1) is 19.1. The number of hydrogen-bond acceptors (Lipinski definition) is 6. The zero-order chi connectivity index (χ0) is 28.6. The van der Waals surface area contributed by atoms with Crippen molar-refractivity contribution >= 4 is 34.8 Å². The SMILES string of the molecule is C=C(C=C(C)C)c1cc(-c2nn(-c3nc(C(=O)O)cs3)c(CC3CC3)c2Cc2ccc(SN)c(F)c2)ccc1C. The molecule has 0 spiro atoms. The number of nitrogens with zero attached hydrogens (tertiary/aromatic N) is 3. The van der Waals surface area contributed by atoms with Crippen molar-refractivity contribution in [3.8, 4) is 16.4 Å². The summed E-state index contributed by atoms with van der Waals surface area (Å²) < 4.78 is 16.5. The fraction of sp³-hybridized carbons (Fsp3) is 0.258. The number of rotatable bonds is 10. The van der Waals surface area contributed by atoms with Crippen LogP contribution in [-0.4, -0.2) is 25.8 Å². The van der Waals surface area contributed by atoms with E-state index in [1.54, 1.807) is 10.7 Å². The molecule has 5 rings (SSSR count). The lowest BCUT2D eigenvalue weighted by atomic mass is 9.93. The molecule has 1 aliphatic rings. The van der Waals surface area contributed by atoms with E-state index in [-0.39, 0.29) is 11.5 Å². The number of nitrogens with two attached hydrogens (primary N) is 1. The van der Waals surface area contributed by atoms with Crippen molar-refractivity contribution in [1.82, 2.24) is 14.8 Å². The maximum absolute atomic E-state index is 14.7. The van der Waals surface area contributed by atoms with E-state index in [1.165, 1.54) is 22.8 Å². The molecular weight excluding hydrogens is 543 g/mol. The minimum Gasteiger partial charge on any atom is -0.476 e. The standard InChI is InChI=1S/C31H31FN4O2S2/c1-17(2)11-19(4)23-15-22(9-5-18(23)3)29-24(12-21-8-10-28(40-33)25(32)13-21)27(14-20-6-7-20)36(35-29)31-34-26(16-39-31)30(37)38/h5,8-11,13,15-16,20H,4,6-7,12,14,33H2,1-3H3,(H,37,38). The highest BCUT2D eigenvalue weighted by Crippen LogP contribution is 2.39. The number of aryl methyl sites for hydroxylation is 1. The summed E-state index contributed by atoms with van der Waals surface area (Å²) in [5.74, 6) is -0.905. The summed E-state index contributed by atoms with van der Waals surface area (Å²) in [6.45, 7) is 10.4. The van der Waals surface area contributed by atoms with Crippen LogP contribution in [0.15, 0.2) is 64.9 Å². The minimum atomic E-state index is -1.08. The Labute approximate surface area is 241 Å². The van der Waals surface area contributed by atoms with Gasteiger partial charge in [-0.25, -0.2) is 18.9 Å². The number of hydrogen-bond donors (Lipinski definition) is 2. The first kappa shape index (κ1) is 28.0. The van der Waals surface area contributed by atoms with Gasteiger partial charge in [0.1, 0.15) is 5.82 Å². The molecule has 0 unspecified atom stereocenters. The minimum absolute atomic E-state index is 0.0106. The predicted molar refractivity (Wildman–Crippen MR) is 161 cm³/mol. The van der Waals surface area contributed by atoms with E-state index >= 15 is 0 Å². The summed E-state index contributed by atoms with van der Waals surface area (Å²) in [5, 5.41) is 22.2. The molecule has 0 radical (unpaired) electrons. The number of carboxylic acid groups (broad SMARTS) is 1. The Balaban J connectivity index is 1.70. The molecular formula is C31H31FN4O2S2. The molecule has 1 fully saturated rings. The highest BCUT2D eigenvalue weighted by molar-refractivity contribution is 7.97. The summed E-state index contributed by atoms with van der Waals surface area (Å²) in [6.07, 6.45) is 5.57. The van der Waals surface area contributed by atoms with Gasteiger partial charge in [-0.3, -0.25) is 5.14 Å². The molecule has 0 atom stereocenters. The summed E-state index contributed by atoms with van der Waals surface area (Å²) in [6, 6.07) is 11.3. The maximum atomic E-state index is 14.7. The third-order valence-corrected chi connectivity index (χ3v) is 8.39. The number of halogens is 1. The fourth-order valence-corrected chi connectivity index (χ4v) is 5.91. The third-order valence-electron chi connectivity index (χ3n) is 6.99. The van der Waals surface area contributed by atoms with Gasteiger partial charge in [-0.2, -0.15) is 5.10 Å². The summed E-state index contributed by atoms with van der Waals surface area (Å²) in [4.78, 5) is 16.4. The molecule has 3 N–H and O–H groups in total. The van der Waals surface area contributed by atoms with Crippen LogP contribution >= 0.6 is 23.3 Å². The molecule has 1 aliphatic carbocycles. The van der Waals surface area contributed by atoms with Crippen LogP contribution in [0, 0.1) is 18.7 Å². The van der Waals surface area contributed by atoms with Crippen LogP contribution in [0.25, 0.3) is 22.0 Å². The molecule has 1 saturated carbocycles. The summed E-state index contributed by atoms with van der Waals surface area (Å²) in [5.41, 5.74) is 8.65. The van der Waals surface area contributed by atoms with Gasteiger partial charge >= 0.3 is 5.97 Å². The van der Waals surface area contributed by atoms with Gasteiger partial charge in [-0.15, -0.1) is 11.3 Å². The Hall–Kier alpha value is -3.53. The van der Waals surface area contributed by atoms with Gasteiger partial charge in [0, 0.05) is 22.9 Å². The summed E-state index contributed by atoms with van der Waals surface area (Å²) >= 11 is 2.14. The Morgan fingerprint density at radius 1 is 1.27 bits per heavy atom. The monoisotopic (exact) mass is 574 g/mol. The van der Waals surface area contributed by atoms with Gasteiger partial charge in [0.15, 0.2) is 5.69 Å². The van der Waals surface area contributed by atoms with Crippen LogP contribution in [0.2, 0.25) is 0 Å². The molecule has 2 aromatic heterocycles. The first-order valence-corrected chi connectivity index (χ1v) is 14.8. The largest absolute Gasteiger partial charge is 0.476 e. The predicted octanol–water partition coefficient (Wildman–Crippen LogP) is 7.63. The number of carboxylic acids is 1. The second kappa shape index (κ2) is 11.5. The van der Waals surface area contributed by atoms with E-state index in [1.807, 2.05) is 26.0 Å². The Morgan fingerprint density at radius 3 is 2.67 bits per heavy atom. The quantitative estimate of drug-likeness (QED) is 0.149. The summed E-state index contributed by atoms with van der Waals surface area (Å²) in [7, 11) is 0. The molecule has 206 valence electrons. The van der Waals surface area contributed by atoms with Crippen LogP contribution in [0.3, 0.4) is 0 Å². The lowest BCUT2D eigenvalue weighted by Crippen LogP contribution is -2.06. The van der Waals surface area contributed by atoms with E-state index in [0.29, 0.717) is 22.4 Å². The van der Waals surface area contributed by atoms with Crippen molar-refractivity contribution in [2.24, 2.45) is 11.1 Å². The number of aromatic nitrogens is 3. The van der Waals surface area contributed by atoms with Gasteiger partial charge in [0.2, 0.25) is 5.13 Å². The van der Waals surface area contributed by atoms with Gasteiger partial charge < -0.3 is 5.11 Å². The molecule has 2 heterocycles. The Bertz CT molecular complexity index is 1640. The highest BCUT2D eigenvalue weighted by atomic mass is 32.2. The number of allylic oxidation sites excluding steroid dienone is 3. The van der Waals surface area contributed by atoms with Crippen LogP contribution < -0.4 is 5.14 Å². The van der Waals surface area contributed by atoms with E-state index < -0.39 is 5.97 Å². The fourth-order valence-electron chi connectivity index (χ4n) is 4.82. The Morgan fingerprint density at radius 2 is 2.05 bits per heavy atom. The maximum Gasteiger partial charge on any atom is 0.355 e. The molecule has 0 aliphatic heterocycles. The first-order valence-electron chi connectivity index (χ1n) is 13.0. The lowest BCUT2D eigenvalue weighted by Gasteiger charge is -2.11. The van der Waals surface area contributed by atoms with E-state index in [0.717, 1.165) is 81.6 Å². The Kier molecular flexibility index (Phi) is 8.07. The topological polar surface area (TPSA) is 94.0 Å². The second-order valence-electron chi connectivity index (χ2n) is 10.5. The van der Waals surface area contributed by atoms with Crippen LogP contribution in [0.4, 0.5) is 4.39 Å². The van der Waals surface area contributed by atoms with Crippen LogP contribution in [0.1, 0.15) is 65.1 Å². The van der Waals surface area contributed by atoms with E-state index in [2.05, 4.69) is 36.7 Å². The zero-order valence-corrected chi connectivity index (χ0v) is 24.3. The smallest absolute Gasteiger partial charge is 0.355 e. The van der Waals surface area contributed by atoms with Gasteiger partial charge in [-0.1, -0.05) is 36.4 Å². The lowest BCUT2D eigenvalue weighted by molar-refractivity contribution is 0.0691. The van der Waals surface area contributed by atoms with Crippen molar-refractivity contribution in [3.05, 3.63) is 99.5 Å². The number of aromatic carboxylic acids is 1. The van der Waals surface area contributed by atoms with Crippen molar-refractivity contribution in [2.75, 3.05) is 0 Å². The zero-order valence-electron chi connectivity index (χ0n) is 22.7. The third kappa shape index (κ3) is 5.96. The molecule has 0 bridgehead atoms. The molecule has 0 saturated heterocycles. The molecule has 4 aromatic rings. The number of carbonyl (C=O) groups is 1. The van der Waals surface area contributed by atoms with Crippen molar-refractivity contribution in [2.45, 2.75) is 51.3 Å². The number of benzene rings is 2. The molecule has 0 amide bonds. The van der Waals surface area contributed by atoms with Crippen molar-refractivity contribution in [1.29, 1.82) is 0 Å². The van der Waals surface area contributed by atoms with Gasteiger partial charge in [0.25, 0.3) is 0 Å². The van der Waals surface area contributed by atoms with Gasteiger partial charge in [0.05, 0.1) is 16.3 Å². The molecule has 6 nitrogen and oxygen atoms in total. The average Bonchev–Trinajstić information content (AvgIpc) is 3.46. The van der Waals surface area contributed by atoms with E-state index in [4.69, 9.17) is 10.2 Å². The molecule has 40 heavy (non-hydrogen) atoms. The highest BCUT2D eigenvalue weighted by Gasteiger charge is 2.29. The normalized spacial score (nSPS) is 12.9. The molecule has 9 heteroatoms. The number of thiazole rings is 1. The van der Waals surface area contributed by atoms with Crippen molar-refractivity contribution in [3.63, 3.8) is 0 Å². The average molecular weight is 575 g/mol. The second-order valence-corrected chi connectivity index (χ2v) is 12.0.